The minimum atomic E-state index is -0.776. The zero-order valence-electron chi connectivity index (χ0n) is 11.8. The van der Waals surface area contributed by atoms with E-state index in [2.05, 4.69) is 5.32 Å². The third-order valence-corrected chi connectivity index (χ3v) is 3.71. The van der Waals surface area contributed by atoms with Gasteiger partial charge in [-0.2, -0.15) is 0 Å². The van der Waals surface area contributed by atoms with E-state index in [1.807, 2.05) is 18.2 Å². The normalized spacial score (nSPS) is 16.7. The Kier molecular flexibility index (Phi) is 4.39. The summed E-state index contributed by atoms with van der Waals surface area (Å²) in [7, 11) is 1.62. The Hall–Kier alpha value is -1.88. The number of likely N-dealkylation sites (N-methyl/N-ethyl adjacent to an activating group) is 1. The molecule has 1 aliphatic rings. The number of hydrogen-bond donors (Lipinski definition) is 2. The smallest absolute Gasteiger partial charge is 0.243 e. The van der Waals surface area contributed by atoms with Crippen molar-refractivity contribution in [3.8, 4) is 0 Å². The van der Waals surface area contributed by atoms with Gasteiger partial charge in [0.25, 0.3) is 0 Å². The van der Waals surface area contributed by atoms with Crippen LogP contribution in [0.1, 0.15) is 25.7 Å². The maximum atomic E-state index is 12.3. The lowest BCUT2D eigenvalue weighted by Gasteiger charge is -2.28. The van der Waals surface area contributed by atoms with E-state index >= 15 is 0 Å². The van der Waals surface area contributed by atoms with Crippen molar-refractivity contribution < 1.29 is 9.59 Å². The van der Waals surface area contributed by atoms with Crippen LogP contribution in [-0.4, -0.2) is 35.8 Å². The van der Waals surface area contributed by atoms with Crippen LogP contribution < -0.4 is 11.1 Å². The van der Waals surface area contributed by atoms with Crippen molar-refractivity contribution in [2.24, 2.45) is 5.73 Å². The summed E-state index contributed by atoms with van der Waals surface area (Å²) in [6.45, 7) is 0.0205. The van der Waals surface area contributed by atoms with E-state index in [0.717, 1.165) is 18.5 Å². The molecule has 0 spiro atoms. The van der Waals surface area contributed by atoms with Crippen LogP contribution in [-0.2, 0) is 9.59 Å². The van der Waals surface area contributed by atoms with Crippen molar-refractivity contribution in [2.75, 3.05) is 18.9 Å². The van der Waals surface area contributed by atoms with Gasteiger partial charge in [-0.1, -0.05) is 31.0 Å². The summed E-state index contributed by atoms with van der Waals surface area (Å²) in [5, 5.41) is 2.76. The molecule has 0 bridgehead atoms. The average Bonchev–Trinajstić information content (AvgIpc) is 2.87. The Morgan fingerprint density at radius 1 is 1.25 bits per heavy atom. The van der Waals surface area contributed by atoms with E-state index in [1.54, 1.807) is 19.2 Å². The Labute approximate surface area is 119 Å². The highest BCUT2D eigenvalue weighted by atomic mass is 16.2. The maximum absolute atomic E-state index is 12.3. The van der Waals surface area contributed by atoms with Crippen LogP contribution in [0.5, 0.6) is 0 Å². The lowest BCUT2D eigenvalue weighted by atomic mass is 9.97. The third-order valence-electron chi connectivity index (χ3n) is 3.71. The van der Waals surface area contributed by atoms with Gasteiger partial charge in [0.2, 0.25) is 11.8 Å². The Balaban J connectivity index is 1.89. The van der Waals surface area contributed by atoms with Crippen LogP contribution >= 0.6 is 0 Å². The molecule has 5 heteroatoms. The van der Waals surface area contributed by atoms with E-state index in [9.17, 15) is 9.59 Å². The van der Waals surface area contributed by atoms with Gasteiger partial charge in [-0.3, -0.25) is 9.59 Å². The summed E-state index contributed by atoms with van der Waals surface area (Å²) >= 11 is 0. The molecular weight excluding hydrogens is 254 g/mol. The van der Waals surface area contributed by atoms with E-state index in [4.69, 9.17) is 5.73 Å². The molecule has 0 heterocycles. The van der Waals surface area contributed by atoms with Crippen LogP contribution in [0.2, 0.25) is 0 Å². The third kappa shape index (κ3) is 3.36. The fourth-order valence-electron chi connectivity index (χ4n) is 2.61. The van der Waals surface area contributed by atoms with Gasteiger partial charge in [0, 0.05) is 12.7 Å². The van der Waals surface area contributed by atoms with Gasteiger partial charge in [0.15, 0.2) is 0 Å². The summed E-state index contributed by atoms with van der Waals surface area (Å²) in [4.78, 5) is 25.6. The molecule has 2 amide bonds. The predicted octanol–water partition coefficient (Wildman–Crippen LogP) is 1.35. The van der Waals surface area contributed by atoms with E-state index in [-0.39, 0.29) is 18.4 Å². The van der Waals surface area contributed by atoms with Crippen LogP contribution in [0.15, 0.2) is 30.3 Å². The number of amides is 2. The number of anilines is 1. The van der Waals surface area contributed by atoms with Crippen molar-refractivity contribution in [3.05, 3.63) is 30.3 Å². The summed E-state index contributed by atoms with van der Waals surface area (Å²) in [5.41, 5.74) is 6.06. The number of benzene rings is 1. The van der Waals surface area contributed by atoms with Crippen LogP contribution in [0.25, 0.3) is 0 Å². The molecule has 0 saturated heterocycles. The zero-order chi connectivity index (χ0) is 14.6. The fraction of sp³-hybridized carbons (Fsp3) is 0.467. The lowest BCUT2D eigenvalue weighted by molar-refractivity contribution is -0.138. The van der Waals surface area contributed by atoms with Crippen molar-refractivity contribution in [1.82, 2.24) is 4.90 Å². The van der Waals surface area contributed by atoms with Gasteiger partial charge in [-0.05, 0) is 25.0 Å². The molecule has 2 rings (SSSR count). The maximum Gasteiger partial charge on any atom is 0.243 e. The first-order valence-electron chi connectivity index (χ1n) is 6.91. The van der Waals surface area contributed by atoms with Gasteiger partial charge in [0.1, 0.15) is 0 Å². The highest BCUT2D eigenvalue weighted by Gasteiger charge is 2.39. The molecule has 1 aliphatic carbocycles. The largest absolute Gasteiger partial charge is 0.335 e. The monoisotopic (exact) mass is 275 g/mol. The number of nitrogens with two attached hydrogens (primary N) is 1. The zero-order valence-corrected chi connectivity index (χ0v) is 11.8. The molecule has 1 aromatic rings. The molecule has 3 N–H and O–H groups in total. The Morgan fingerprint density at radius 2 is 1.85 bits per heavy atom. The second-order valence-corrected chi connectivity index (χ2v) is 5.44. The molecule has 5 nitrogen and oxygen atoms in total. The summed E-state index contributed by atoms with van der Waals surface area (Å²) in [6, 6.07) is 9.18. The predicted molar refractivity (Wildman–Crippen MR) is 78.1 cm³/mol. The first kappa shape index (κ1) is 14.5. The number of para-hydroxylation sites is 1. The number of nitrogens with one attached hydrogen (secondary N) is 1. The molecule has 108 valence electrons. The fourth-order valence-corrected chi connectivity index (χ4v) is 2.61. The van der Waals surface area contributed by atoms with Gasteiger partial charge in [-0.15, -0.1) is 0 Å². The Morgan fingerprint density at radius 3 is 2.45 bits per heavy atom. The molecule has 1 aromatic carbocycles. The standard InChI is InChI=1S/C15H21N3O2/c1-18(14(20)15(16)9-5-6-10-15)11-13(19)17-12-7-3-2-4-8-12/h2-4,7-8H,5-6,9-11,16H2,1H3,(H,17,19). The second kappa shape index (κ2) is 6.05. The summed E-state index contributed by atoms with van der Waals surface area (Å²) in [5.74, 6) is -0.355. The van der Waals surface area contributed by atoms with Crippen LogP contribution in [0, 0.1) is 0 Å². The quantitative estimate of drug-likeness (QED) is 0.871. The average molecular weight is 275 g/mol. The SMILES string of the molecule is CN(CC(=O)Nc1ccccc1)C(=O)C1(N)CCCC1. The van der Waals surface area contributed by atoms with E-state index < -0.39 is 5.54 Å². The van der Waals surface area contributed by atoms with Gasteiger partial charge >= 0.3 is 0 Å². The molecule has 0 aliphatic heterocycles. The first-order chi connectivity index (χ1) is 9.51. The Bertz CT molecular complexity index is 481. The van der Waals surface area contributed by atoms with Crippen molar-refractivity contribution >= 4 is 17.5 Å². The first-order valence-corrected chi connectivity index (χ1v) is 6.91. The number of hydrogen-bond acceptors (Lipinski definition) is 3. The summed E-state index contributed by atoms with van der Waals surface area (Å²) < 4.78 is 0. The van der Waals surface area contributed by atoms with Gasteiger partial charge < -0.3 is 16.0 Å². The van der Waals surface area contributed by atoms with Crippen molar-refractivity contribution in [2.45, 2.75) is 31.2 Å². The number of nitrogens with zero attached hydrogens (tertiary/aromatic N) is 1. The molecular formula is C15H21N3O2. The van der Waals surface area contributed by atoms with Gasteiger partial charge in [0.05, 0.1) is 12.1 Å². The number of carbonyl (C=O) groups is 2. The minimum Gasteiger partial charge on any atom is -0.335 e. The molecule has 0 unspecified atom stereocenters. The molecule has 1 fully saturated rings. The van der Waals surface area contributed by atoms with Crippen molar-refractivity contribution in [1.29, 1.82) is 0 Å². The highest BCUT2D eigenvalue weighted by molar-refractivity contribution is 5.96. The second-order valence-electron chi connectivity index (χ2n) is 5.44. The molecule has 0 atom stereocenters. The van der Waals surface area contributed by atoms with Gasteiger partial charge in [-0.25, -0.2) is 0 Å². The lowest BCUT2D eigenvalue weighted by Crippen LogP contribution is -2.53. The van der Waals surface area contributed by atoms with Crippen LogP contribution in [0.4, 0.5) is 5.69 Å². The van der Waals surface area contributed by atoms with E-state index in [0.29, 0.717) is 12.8 Å². The molecule has 0 aromatic heterocycles. The topological polar surface area (TPSA) is 75.4 Å². The molecule has 1 saturated carbocycles. The molecule has 0 radical (unpaired) electrons. The number of carbonyl (C=O) groups excluding carboxylic acids is 2. The number of rotatable bonds is 4. The highest BCUT2D eigenvalue weighted by Crippen LogP contribution is 2.28. The van der Waals surface area contributed by atoms with Crippen molar-refractivity contribution in [3.63, 3.8) is 0 Å². The van der Waals surface area contributed by atoms with Crippen LogP contribution in [0.3, 0.4) is 0 Å². The van der Waals surface area contributed by atoms with E-state index in [1.165, 1.54) is 4.90 Å². The minimum absolute atomic E-state index is 0.0205. The summed E-state index contributed by atoms with van der Waals surface area (Å²) in [6.07, 6.45) is 3.37. The molecule has 20 heavy (non-hydrogen) atoms.